The lowest BCUT2D eigenvalue weighted by atomic mass is 9.86. The van der Waals surface area contributed by atoms with Gasteiger partial charge in [-0.05, 0) is 69.6 Å². The first kappa shape index (κ1) is 19.2. The van der Waals surface area contributed by atoms with Crippen molar-refractivity contribution in [2.45, 2.75) is 58.5 Å². The number of rotatable bonds is 7. The minimum absolute atomic E-state index is 0.0861. The molecule has 0 spiro atoms. The van der Waals surface area contributed by atoms with Crippen LogP contribution in [0.3, 0.4) is 0 Å². The molecule has 4 nitrogen and oxygen atoms in total. The first-order valence-corrected chi connectivity index (χ1v) is 8.97. The van der Waals surface area contributed by atoms with Gasteiger partial charge in [0.25, 0.3) is 0 Å². The van der Waals surface area contributed by atoms with Crippen LogP contribution in [0.25, 0.3) is 6.08 Å². The maximum atomic E-state index is 12.4. The highest BCUT2D eigenvalue weighted by molar-refractivity contribution is 5.86. The van der Waals surface area contributed by atoms with Gasteiger partial charge in [-0.1, -0.05) is 24.3 Å². The van der Waals surface area contributed by atoms with Crippen molar-refractivity contribution < 1.29 is 19.1 Å². The molecule has 1 saturated carbocycles. The molecule has 0 aromatic heterocycles. The van der Waals surface area contributed by atoms with Crippen molar-refractivity contribution in [2.24, 2.45) is 5.41 Å². The summed E-state index contributed by atoms with van der Waals surface area (Å²) in [5.74, 6) is -0.455. The van der Waals surface area contributed by atoms with E-state index < -0.39 is 5.41 Å². The Morgan fingerprint density at radius 2 is 1.80 bits per heavy atom. The second-order valence-corrected chi connectivity index (χ2v) is 7.29. The van der Waals surface area contributed by atoms with Crippen molar-refractivity contribution in [1.29, 1.82) is 0 Å². The Morgan fingerprint density at radius 1 is 1.16 bits per heavy atom. The molecule has 25 heavy (non-hydrogen) atoms. The second-order valence-electron chi connectivity index (χ2n) is 7.29. The molecule has 1 aromatic carbocycles. The summed E-state index contributed by atoms with van der Waals surface area (Å²) >= 11 is 0. The molecular weight excluding hydrogens is 316 g/mol. The quantitative estimate of drug-likeness (QED) is 0.546. The lowest BCUT2D eigenvalue weighted by Crippen LogP contribution is -2.30. The van der Waals surface area contributed by atoms with E-state index >= 15 is 0 Å². The summed E-state index contributed by atoms with van der Waals surface area (Å²) in [6, 6.07) is 7.96. The van der Waals surface area contributed by atoms with Gasteiger partial charge in [0.05, 0.1) is 12.5 Å². The van der Waals surface area contributed by atoms with E-state index in [2.05, 4.69) is 4.74 Å². The molecule has 2 rings (SSSR count). The number of methoxy groups -OCH3 is 1. The zero-order valence-electron chi connectivity index (χ0n) is 15.4. The summed E-state index contributed by atoms with van der Waals surface area (Å²) < 4.78 is 10.2. The van der Waals surface area contributed by atoms with Crippen LogP contribution in [0.2, 0.25) is 0 Å². The number of ether oxygens (including phenoxy) is 2. The van der Waals surface area contributed by atoms with Gasteiger partial charge in [-0.15, -0.1) is 0 Å². The molecule has 136 valence electrons. The van der Waals surface area contributed by atoms with Crippen molar-refractivity contribution in [3.63, 3.8) is 0 Å². The van der Waals surface area contributed by atoms with Crippen molar-refractivity contribution in [2.75, 3.05) is 7.11 Å². The topological polar surface area (TPSA) is 52.6 Å². The van der Waals surface area contributed by atoms with E-state index in [1.165, 1.54) is 13.2 Å². The largest absolute Gasteiger partial charge is 0.466 e. The second kappa shape index (κ2) is 8.84. The Balaban J connectivity index is 1.85. The number of benzene rings is 1. The molecule has 1 fully saturated rings. The molecule has 0 N–H and O–H groups in total. The molecule has 4 heteroatoms. The standard InChI is InChI=1S/C21H28O4/c1-21(2,20(23)25-18-6-4-5-7-18)15-14-17-10-8-16(9-11-17)12-13-19(22)24-3/h8-13,18H,4-7,14-15H2,1-3H3/b13-12+. The Bertz CT molecular complexity index is 607. The van der Waals surface area contributed by atoms with Crippen LogP contribution in [0.1, 0.15) is 57.1 Å². The van der Waals surface area contributed by atoms with Crippen LogP contribution < -0.4 is 0 Å². The number of carbonyl (C=O) groups excluding carboxylic acids is 2. The fourth-order valence-corrected chi connectivity index (χ4v) is 2.90. The zero-order chi connectivity index (χ0) is 18.3. The number of aryl methyl sites for hydroxylation is 1. The third kappa shape index (κ3) is 6.04. The Labute approximate surface area is 150 Å². The Kier molecular flexibility index (Phi) is 6.80. The molecule has 0 aliphatic heterocycles. The van der Waals surface area contributed by atoms with Gasteiger partial charge in [0.15, 0.2) is 0 Å². The van der Waals surface area contributed by atoms with E-state index in [1.54, 1.807) is 6.08 Å². The van der Waals surface area contributed by atoms with Crippen molar-refractivity contribution in [3.8, 4) is 0 Å². The number of esters is 2. The van der Waals surface area contributed by atoms with Crippen LogP contribution in [0.4, 0.5) is 0 Å². The van der Waals surface area contributed by atoms with Gasteiger partial charge in [0.1, 0.15) is 6.10 Å². The average Bonchev–Trinajstić information content (AvgIpc) is 3.11. The van der Waals surface area contributed by atoms with E-state index in [0.29, 0.717) is 0 Å². The molecule has 0 unspecified atom stereocenters. The van der Waals surface area contributed by atoms with Crippen molar-refractivity contribution >= 4 is 18.0 Å². The highest BCUT2D eigenvalue weighted by atomic mass is 16.5. The SMILES string of the molecule is COC(=O)/C=C/c1ccc(CCC(C)(C)C(=O)OC2CCCC2)cc1. The third-order valence-electron chi connectivity index (χ3n) is 4.76. The van der Waals surface area contributed by atoms with Crippen LogP contribution in [-0.2, 0) is 25.5 Å². The lowest BCUT2D eigenvalue weighted by molar-refractivity contribution is -0.159. The molecule has 0 bridgehead atoms. The van der Waals surface area contributed by atoms with Crippen LogP contribution >= 0.6 is 0 Å². The highest BCUT2D eigenvalue weighted by Gasteiger charge is 2.31. The maximum absolute atomic E-state index is 12.4. The first-order chi connectivity index (χ1) is 11.9. The van der Waals surface area contributed by atoms with E-state index in [1.807, 2.05) is 38.1 Å². The monoisotopic (exact) mass is 344 g/mol. The molecule has 1 aliphatic rings. The van der Waals surface area contributed by atoms with E-state index in [4.69, 9.17) is 4.74 Å². The summed E-state index contributed by atoms with van der Waals surface area (Å²) in [5.41, 5.74) is 1.62. The molecule has 0 atom stereocenters. The predicted molar refractivity (Wildman–Crippen MR) is 97.9 cm³/mol. The van der Waals surface area contributed by atoms with Gasteiger partial charge in [0.2, 0.25) is 0 Å². The Hall–Kier alpha value is -2.10. The van der Waals surface area contributed by atoms with E-state index in [0.717, 1.165) is 49.7 Å². The summed E-state index contributed by atoms with van der Waals surface area (Å²) in [6.45, 7) is 3.91. The number of hydrogen-bond acceptors (Lipinski definition) is 4. The molecule has 1 aromatic rings. The minimum Gasteiger partial charge on any atom is -0.466 e. The summed E-state index contributed by atoms with van der Waals surface area (Å²) in [7, 11) is 1.36. The van der Waals surface area contributed by atoms with E-state index in [-0.39, 0.29) is 18.0 Å². The molecule has 0 amide bonds. The Morgan fingerprint density at radius 3 is 2.40 bits per heavy atom. The summed E-state index contributed by atoms with van der Waals surface area (Å²) in [4.78, 5) is 23.5. The van der Waals surface area contributed by atoms with Crippen molar-refractivity contribution in [3.05, 3.63) is 41.5 Å². The van der Waals surface area contributed by atoms with Gasteiger partial charge in [-0.2, -0.15) is 0 Å². The van der Waals surface area contributed by atoms with Gasteiger partial charge in [-0.3, -0.25) is 4.79 Å². The summed E-state index contributed by atoms with van der Waals surface area (Å²) in [5, 5.41) is 0. The molecule has 0 radical (unpaired) electrons. The molecule has 0 saturated heterocycles. The average molecular weight is 344 g/mol. The molecule has 1 aliphatic carbocycles. The lowest BCUT2D eigenvalue weighted by Gasteiger charge is -2.25. The van der Waals surface area contributed by atoms with Crippen LogP contribution in [0.5, 0.6) is 0 Å². The zero-order valence-corrected chi connectivity index (χ0v) is 15.4. The first-order valence-electron chi connectivity index (χ1n) is 8.97. The number of carbonyl (C=O) groups is 2. The van der Waals surface area contributed by atoms with Gasteiger partial charge >= 0.3 is 11.9 Å². The van der Waals surface area contributed by atoms with Crippen LogP contribution in [-0.4, -0.2) is 25.2 Å². The fourth-order valence-electron chi connectivity index (χ4n) is 2.90. The van der Waals surface area contributed by atoms with Crippen LogP contribution in [0, 0.1) is 5.41 Å². The van der Waals surface area contributed by atoms with Crippen LogP contribution in [0.15, 0.2) is 30.3 Å². The highest BCUT2D eigenvalue weighted by Crippen LogP contribution is 2.29. The fraction of sp³-hybridized carbons (Fsp3) is 0.524. The molecular formula is C21H28O4. The maximum Gasteiger partial charge on any atom is 0.330 e. The summed E-state index contributed by atoms with van der Waals surface area (Å²) in [6.07, 6.45) is 9.13. The third-order valence-corrected chi connectivity index (χ3v) is 4.76. The normalized spacial score (nSPS) is 15.5. The predicted octanol–water partition coefficient (Wildman–Crippen LogP) is 4.32. The smallest absolute Gasteiger partial charge is 0.330 e. The molecule has 0 heterocycles. The minimum atomic E-state index is -0.480. The van der Waals surface area contributed by atoms with Gasteiger partial charge in [0, 0.05) is 6.08 Å². The number of hydrogen-bond donors (Lipinski definition) is 0. The van der Waals surface area contributed by atoms with Crippen molar-refractivity contribution in [1.82, 2.24) is 0 Å². The van der Waals surface area contributed by atoms with Gasteiger partial charge < -0.3 is 9.47 Å². The van der Waals surface area contributed by atoms with E-state index in [9.17, 15) is 9.59 Å². The van der Waals surface area contributed by atoms with Gasteiger partial charge in [-0.25, -0.2) is 4.79 Å².